The second-order valence-corrected chi connectivity index (χ2v) is 5.55. The molecule has 1 heterocycles. The van der Waals surface area contributed by atoms with Gasteiger partial charge in [0.05, 0.1) is 0 Å². The van der Waals surface area contributed by atoms with Crippen molar-refractivity contribution >= 4 is 12.1 Å². The van der Waals surface area contributed by atoms with E-state index in [-0.39, 0.29) is 6.42 Å². The number of aryl methyl sites for hydroxylation is 1. The number of hydrogen-bond donors (Lipinski definition) is 2. The predicted molar refractivity (Wildman–Crippen MR) is 73.5 cm³/mol. The van der Waals surface area contributed by atoms with E-state index < -0.39 is 23.7 Å². The number of esters is 1. The lowest BCUT2D eigenvalue weighted by molar-refractivity contribution is -0.157. The lowest BCUT2D eigenvalue weighted by atomic mass is 10.1. The minimum Gasteiger partial charge on any atom is -0.465 e. The van der Waals surface area contributed by atoms with Crippen LogP contribution >= 0.6 is 0 Å². The van der Waals surface area contributed by atoms with Crippen molar-refractivity contribution in [3.8, 4) is 0 Å². The Hall–Kier alpha value is -2.11. The summed E-state index contributed by atoms with van der Waals surface area (Å²) >= 11 is 0. The van der Waals surface area contributed by atoms with E-state index in [9.17, 15) is 9.59 Å². The third kappa shape index (κ3) is 5.69. The van der Waals surface area contributed by atoms with Gasteiger partial charge in [-0.3, -0.25) is 4.98 Å². The van der Waals surface area contributed by atoms with Gasteiger partial charge >= 0.3 is 12.1 Å². The number of amides is 1. The van der Waals surface area contributed by atoms with Crippen LogP contribution in [0.3, 0.4) is 0 Å². The summed E-state index contributed by atoms with van der Waals surface area (Å²) in [4.78, 5) is 26.9. The molecule has 1 rings (SSSR count). The maximum Gasteiger partial charge on any atom is 0.405 e. The summed E-state index contributed by atoms with van der Waals surface area (Å²) in [7, 11) is 0. The summed E-state index contributed by atoms with van der Waals surface area (Å²) in [6, 6.07) is 2.67. The van der Waals surface area contributed by atoms with Crippen LogP contribution in [0.5, 0.6) is 0 Å². The van der Waals surface area contributed by atoms with Crippen LogP contribution < -0.4 is 5.32 Å². The van der Waals surface area contributed by atoms with E-state index in [1.54, 1.807) is 27.0 Å². The highest BCUT2D eigenvalue weighted by molar-refractivity contribution is 5.81. The first-order chi connectivity index (χ1) is 9.17. The molecule has 20 heavy (non-hydrogen) atoms. The van der Waals surface area contributed by atoms with Gasteiger partial charge in [-0.1, -0.05) is 6.07 Å². The number of aromatic nitrogens is 1. The van der Waals surface area contributed by atoms with Crippen molar-refractivity contribution in [1.29, 1.82) is 0 Å². The van der Waals surface area contributed by atoms with E-state index in [1.807, 2.05) is 19.1 Å². The summed E-state index contributed by atoms with van der Waals surface area (Å²) in [5.74, 6) is -0.597. The number of nitrogens with one attached hydrogen (secondary N) is 1. The van der Waals surface area contributed by atoms with Crippen molar-refractivity contribution < 1.29 is 19.4 Å². The molecular formula is C14H20N2O4. The van der Waals surface area contributed by atoms with Crippen molar-refractivity contribution in [1.82, 2.24) is 10.3 Å². The normalized spacial score (nSPS) is 12.6. The first-order valence-electron chi connectivity index (χ1n) is 6.31. The molecule has 6 nitrogen and oxygen atoms in total. The number of carbonyl (C=O) groups is 2. The highest BCUT2D eigenvalue weighted by Crippen LogP contribution is 2.11. The van der Waals surface area contributed by atoms with Crippen LogP contribution in [0.2, 0.25) is 0 Å². The fourth-order valence-corrected chi connectivity index (χ4v) is 1.57. The molecule has 1 aromatic rings. The number of hydrogen-bond acceptors (Lipinski definition) is 4. The topological polar surface area (TPSA) is 88.5 Å². The Kier molecular flexibility index (Phi) is 5.07. The molecule has 0 aliphatic heterocycles. The van der Waals surface area contributed by atoms with Gasteiger partial charge < -0.3 is 15.2 Å². The second kappa shape index (κ2) is 6.36. The molecule has 1 unspecified atom stereocenters. The quantitative estimate of drug-likeness (QED) is 0.822. The van der Waals surface area contributed by atoms with Gasteiger partial charge in [0.25, 0.3) is 0 Å². The molecule has 0 saturated heterocycles. The number of rotatable bonds is 4. The fraction of sp³-hybridized carbons (Fsp3) is 0.500. The summed E-state index contributed by atoms with van der Waals surface area (Å²) in [6.07, 6.45) is 0.561. The molecule has 0 fully saturated rings. The predicted octanol–water partition coefficient (Wildman–Crippen LogP) is 1.91. The van der Waals surface area contributed by atoms with E-state index in [0.717, 1.165) is 11.3 Å². The van der Waals surface area contributed by atoms with Gasteiger partial charge in [-0.05, 0) is 39.3 Å². The van der Waals surface area contributed by atoms with Crippen LogP contribution in [0.4, 0.5) is 4.79 Å². The maximum atomic E-state index is 12.0. The van der Waals surface area contributed by atoms with Gasteiger partial charge in [0.1, 0.15) is 11.6 Å². The minimum atomic E-state index is -1.26. The summed E-state index contributed by atoms with van der Waals surface area (Å²) < 4.78 is 5.21. The minimum absolute atomic E-state index is 0.203. The monoisotopic (exact) mass is 280 g/mol. The molecule has 110 valence electrons. The molecule has 0 aliphatic carbocycles. The second-order valence-electron chi connectivity index (χ2n) is 5.55. The van der Waals surface area contributed by atoms with Gasteiger partial charge in [-0.2, -0.15) is 0 Å². The van der Waals surface area contributed by atoms with Gasteiger partial charge in [0.15, 0.2) is 0 Å². The summed E-state index contributed by atoms with van der Waals surface area (Å²) in [5, 5.41) is 11.0. The van der Waals surface area contributed by atoms with Crippen molar-refractivity contribution in [2.75, 3.05) is 0 Å². The van der Waals surface area contributed by atoms with Crippen LogP contribution in [-0.2, 0) is 16.0 Å². The first-order valence-corrected chi connectivity index (χ1v) is 6.31. The molecule has 0 aromatic carbocycles. The highest BCUT2D eigenvalue weighted by Gasteiger charge is 2.26. The van der Waals surface area contributed by atoms with Crippen LogP contribution in [-0.4, -0.2) is 33.8 Å². The Labute approximate surface area is 118 Å². The molecule has 1 atom stereocenters. The molecule has 0 aliphatic rings. The molecule has 0 saturated carbocycles. The average Bonchev–Trinajstić information content (AvgIpc) is 2.28. The largest absolute Gasteiger partial charge is 0.465 e. The standard InChI is InChI=1S/C14H20N2O4/c1-9-5-6-10(8-15-9)7-11(16-13(18)19)12(17)20-14(2,3)4/h5-6,8,11,16H,7H2,1-4H3,(H,18,19). The zero-order chi connectivity index (χ0) is 15.3. The molecule has 0 radical (unpaired) electrons. The lowest BCUT2D eigenvalue weighted by Gasteiger charge is -2.24. The van der Waals surface area contributed by atoms with Crippen LogP contribution in [0, 0.1) is 6.92 Å². The van der Waals surface area contributed by atoms with Crippen LogP contribution in [0.25, 0.3) is 0 Å². The zero-order valence-electron chi connectivity index (χ0n) is 12.1. The lowest BCUT2D eigenvalue weighted by Crippen LogP contribution is -2.45. The van der Waals surface area contributed by atoms with Crippen molar-refractivity contribution in [3.05, 3.63) is 29.6 Å². The highest BCUT2D eigenvalue weighted by atomic mass is 16.6. The Bertz CT molecular complexity index is 477. The molecule has 0 spiro atoms. The van der Waals surface area contributed by atoms with Gasteiger partial charge in [0, 0.05) is 18.3 Å². The third-order valence-corrected chi connectivity index (χ3v) is 2.40. The Morgan fingerprint density at radius 2 is 2.05 bits per heavy atom. The molecule has 6 heteroatoms. The van der Waals surface area contributed by atoms with E-state index >= 15 is 0 Å². The average molecular weight is 280 g/mol. The number of carboxylic acid groups (broad SMARTS) is 1. The molecule has 1 amide bonds. The molecule has 2 N–H and O–H groups in total. The smallest absolute Gasteiger partial charge is 0.405 e. The van der Waals surface area contributed by atoms with E-state index in [1.165, 1.54) is 0 Å². The summed E-state index contributed by atoms with van der Waals surface area (Å²) in [6.45, 7) is 7.05. The summed E-state index contributed by atoms with van der Waals surface area (Å²) in [5.41, 5.74) is 0.954. The zero-order valence-corrected chi connectivity index (χ0v) is 12.1. The van der Waals surface area contributed by atoms with E-state index in [2.05, 4.69) is 10.3 Å². The van der Waals surface area contributed by atoms with Crippen molar-refractivity contribution in [2.45, 2.75) is 45.8 Å². The van der Waals surface area contributed by atoms with Crippen molar-refractivity contribution in [2.24, 2.45) is 0 Å². The van der Waals surface area contributed by atoms with Crippen LogP contribution in [0.15, 0.2) is 18.3 Å². The molecular weight excluding hydrogens is 260 g/mol. The van der Waals surface area contributed by atoms with Crippen molar-refractivity contribution in [3.63, 3.8) is 0 Å². The first kappa shape index (κ1) is 15.9. The molecule has 0 bridgehead atoms. The van der Waals surface area contributed by atoms with Gasteiger partial charge in [0.2, 0.25) is 0 Å². The number of carbonyl (C=O) groups excluding carboxylic acids is 1. The Morgan fingerprint density at radius 3 is 2.50 bits per heavy atom. The van der Waals surface area contributed by atoms with Crippen LogP contribution in [0.1, 0.15) is 32.0 Å². The van der Waals surface area contributed by atoms with E-state index in [4.69, 9.17) is 9.84 Å². The number of pyridine rings is 1. The number of nitrogens with zero attached hydrogens (tertiary/aromatic N) is 1. The fourth-order valence-electron chi connectivity index (χ4n) is 1.57. The Balaban J connectivity index is 2.81. The SMILES string of the molecule is Cc1ccc(CC(NC(=O)O)C(=O)OC(C)(C)C)cn1. The number of ether oxygens (including phenoxy) is 1. The Morgan fingerprint density at radius 1 is 1.40 bits per heavy atom. The maximum absolute atomic E-state index is 12.0. The van der Waals surface area contributed by atoms with Gasteiger partial charge in [-0.15, -0.1) is 0 Å². The molecule has 1 aromatic heterocycles. The van der Waals surface area contributed by atoms with E-state index in [0.29, 0.717) is 0 Å². The third-order valence-electron chi connectivity index (χ3n) is 2.40. The van der Waals surface area contributed by atoms with Gasteiger partial charge in [-0.25, -0.2) is 9.59 Å².